The van der Waals surface area contributed by atoms with E-state index in [0.29, 0.717) is 18.5 Å². The Balaban J connectivity index is 0.000000980. The van der Waals surface area contributed by atoms with E-state index in [1.54, 1.807) is 12.3 Å². The fourth-order valence-electron chi connectivity index (χ4n) is 1.45. The van der Waals surface area contributed by atoms with Gasteiger partial charge in [-0.2, -0.15) is 0 Å². The summed E-state index contributed by atoms with van der Waals surface area (Å²) in [6, 6.07) is 2.27. The number of rotatable bonds is 3. The molecule has 5 heteroatoms. The minimum atomic E-state index is 0. The summed E-state index contributed by atoms with van der Waals surface area (Å²) in [7, 11) is 0. The summed E-state index contributed by atoms with van der Waals surface area (Å²) in [5.74, 6) is 0.656. The molecule has 78 valence electrons. The van der Waals surface area contributed by atoms with Crippen molar-refractivity contribution in [1.29, 1.82) is 0 Å². The van der Waals surface area contributed by atoms with Crippen LogP contribution in [0.4, 0.5) is 0 Å². The second-order valence-corrected chi connectivity index (χ2v) is 3.15. The van der Waals surface area contributed by atoms with Crippen molar-refractivity contribution in [2.24, 2.45) is 0 Å². The number of hydrogen-bond donors (Lipinski definition) is 1. The smallest absolute Gasteiger partial charge is 0.216 e. The molecule has 4 nitrogen and oxygen atoms in total. The second kappa shape index (κ2) is 5.78. The van der Waals surface area contributed by atoms with Crippen molar-refractivity contribution >= 4 is 12.4 Å². The minimum absolute atomic E-state index is 0. The van der Waals surface area contributed by atoms with Crippen molar-refractivity contribution in [1.82, 2.24) is 15.3 Å². The first-order valence-electron chi connectivity index (χ1n) is 4.57. The third kappa shape index (κ3) is 3.12. The molecule has 1 saturated heterocycles. The van der Waals surface area contributed by atoms with Crippen LogP contribution in [0.15, 0.2) is 18.6 Å². The standard InChI is InChI=1S/C9H13N3O.ClH/c1-2-8(11-4-1)6-13-9-3-5-10-7-12-9;/h3,5,7-8,11H,1-2,4,6H2;1H/t8-;/m0./s1. The van der Waals surface area contributed by atoms with Crippen molar-refractivity contribution in [2.45, 2.75) is 18.9 Å². The van der Waals surface area contributed by atoms with E-state index in [2.05, 4.69) is 15.3 Å². The molecular weight excluding hydrogens is 202 g/mol. The van der Waals surface area contributed by atoms with Gasteiger partial charge in [0, 0.05) is 18.3 Å². The van der Waals surface area contributed by atoms with Crippen LogP contribution >= 0.6 is 12.4 Å². The molecule has 0 saturated carbocycles. The Morgan fingerprint density at radius 3 is 3.14 bits per heavy atom. The number of hydrogen-bond acceptors (Lipinski definition) is 4. The highest BCUT2D eigenvalue weighted by molar-refractivity contribution is 5.85. The summed E-state index contributed by atoms with van der Waals surface area (Å²) >= 11 is 0. The maximum absolute atomic E-state index is 5.48. The molecule has 0 bridgehead atoms. The van der Waals surface area contributed by atoms with E-state index in [4.69, 9.17) is 4.74 Å². The third-order valence-corrected chi connectivity index (χ3v) is 2.15. The summed E-state index contributed by atoms with van der Waals surface area (Å²) in [5, 5.41) is 3.36. The van der Waals surface area contributed by atoms with Gasteiger partial charge in [-0.25, -0.2) is 9.97 Å². The van der Waals surface area contributed by atoms with Gasteiger partial charge in [0.05, 0.1) is 0 Å². The Morgan fingerprint density at radius 2 is 2.50 bits per heavy atom. The summed E-state index contributed by atoms with van der Waals surface area (Å²) in [6.07, 6.45) is 5.63. The van der Waals surface area contributed by atoms with Gasteiger partial charge in [0.1, 0.15) is 12.9 Å². The fourth-order valence-corrected chi connectivity index (χ4v) is 1.45. The molecule has 14 heavy (non-hydrogen) atoms. The Bertz CT molecular complexity index is 251. The SMILES string of the molecule is Cl.c1cc(OC[C@@H]2CCCN2)ncn1. The van der Waals surface area contributed by atoms with Crippen LogP contribution in [0, 0.1) is 0 Å². The first kappa shape index (κ1) is 11.2. The largest absolute Gasteiger partial charge is 0.476 e. The minimum Gasteiger partial charge on any atom is -0.476 e. The van der Waals surface area contributed by atoms with Crippen LogP contribution < -0.4 is 10.1 Å². The van der Waals surface area contributed by atoms with Gasteiger partial charge in [-0.15, -0.1) is 12.4 Å². The second-order valence-electron chi connectivity index (χ2n) is 3.15. The van der Waals surface area contributed by atoms with Crippen molar-refractivity contribution in [2.75, 3.05) is 13.2 Å². The van der Waals surface area contributed by atoms with Gasteiger partial charge in [0.2, 0.25) is 5.88 Å². The van der Waals surface area contributed by atoms with Crippen molar-refractivity contribution < 1.29 is 4.74 Å². The molecule has 1 aliphatic rings. The van der Waals surface area contributed by atoms with Crippen molar-refractivity contribution in [3.05, 3.63) is 18.6 Å². The van der Waals surface area contributed by atoms with Crippen LogP contribution in [-0.2, 0) is 0 Å². The highest BCUT2D eigenvalue weighted by Gasteiger charge is 2.14. The lowest BCUT2D eigenvalue weighted by Crippen LogP contribution is -2.28. The van der Waals surface area contributed by atoms with E-state index in [9.17, 15) is 0 Å². The van der Waals surface area contributed by atoms with Gasteiger partial charge >= 0.3 is 0 Å². The van der Waals surface area contributed by atoms with Gasteiger partial charge in [0.25, 0.3) is 0 Å². The van der Waals surface area contributed by atoms with Gasteiger partial charge in [-0.05, 0) is 19.4 Å². The van der Waals surface area contributed by atoms with Gasteiger partial charge in [-0.3, -0.25) is 0 Å². The summed E-state index contributed by atoms with van der Waals surface area (Å²) in [5.41, 5.74) is 0. The molecule has 0 spiro atoms. The maximum Gasteiger partial charge on any atom is 0.216 e. The molecule has 1 aromatic rings. The number of aromatic nitrogens is 2. The predicted octanol–water partition coefficient (Wildman–Crippen LogP) is 1.03. The van der Waals surface area contributed by atoms with Crippen LogP contribution in [0.3, 0.4) is 0 Å². The zero-order valence-corrected chi connectivity index (χ0v) is 8.67. The first-order valence-corrected chi connectivity index (χ1v) is 4.57. The van der Waals surface area contributed by atoms with Crippen molar-refractivity contribution in [3.8, 4) is 5.88 Å². The van der Waals surface area contributed by atoms with E-state index in [1.165, 1.54) is 19.2 Å². The van der Waals surface area contributed by atoms with Gasteiger partial charge in [-0.1, -0.05) is 0 Å². The van der Waals surface area contributed by atoms with E-state index < -0.39 is 0 Å². The molecule has 0 amide bonds. The van der Waals surface area contributed by atoms with Crippen molar-refractivity contribution in [3.63, 3.8) is 0 Å². The molecule has 1 N–H and O–H groups in total. The maximum atomic E-state index is 5.48. The van der Waals surface area contributed by atoms with E-state index >= 15 is 0 Å². The molecule has 0 unspecified atom stereocenters. The van der Waals surface area contributed by atoms with Crippen LogP contribution in [0.2, 0.25) is 0 Å². The molecule has 0 aromatic carbocycles. The molecule has 2 rings (SSSR count). The number of nitrogens with one attached hydrogen (secondary N) is 1. The molecule has 1 atom stereocenters. The third-order valence-electron chi connectivity index (χ3n) is 2.15. The Kier molecular flexibility index (Phi) is 4.62. The lowest BCUT2D eigenvalue weighted by atomic mass is 10.2. The van der Waals surface area contributed by atoms with Gasteiger partial charge < -0.3 is 10.1 Å². The van der Waals surface area contributed by atoms with Crippen LogP contribution in [0.25, 0.3) is 0 Å². The molecule has 2 heterocycles. The summed E-state index contributed by atoms with van der Waals surface area (Å²) in [4.78, 5) is 7.80. The monoisotopic (exact) mass is 215 g/mol. The molecule has 1 aromatic heterocycles. The quantitative estimate of drug-likeness (QED) is 0.818. The average Bonchev–Trinajstić information content (AvgIpc) is 2.69. The Labute approximate surface area is 89.5 Å². The highest BCUT2D eigenvalue weighted by Crippen LogP contribution is 2.07. The fraction of sp³-hybridized carbons (Fsp3) is 0.556. The van der Waals surface area contributed by atoms with Crippen LogP contribution in [-0.4, -0.2) is 29.2 Å². The molecule has 1 fully saturated rings. The van der Waals surface area contributed by atoms with Gasteiger partial charge in [0.15, 0.2) is 0 Å². The summed E-state index contributed by atoms with van der Waals surface area (Å²) < 4.78 is 5.48. The zero-order valence-electron chi connectivity index (χ0n) is 7.85. The number of nitrogens with zero attached hydrogens (tertiary/aromatic N) is 2. The highest BCUT2D eigenvalue weighted by atomic mass is 35.5. The van der Waals surface area contributed by atoms with Crippen LogP contribution in [0.5, 0.6) is 5.88 Å². The normalized spacial score (nSPS) is 20.1. The molecular formula is C9H14ClN3O. The number of halogens is 1. The zero-order chi connectivity index (χ0) is 8.93. The number of ether oxygens (including phenoxy) is 1. The van der Waals surface area contributed by atoms with E-state index in [-0.39, 0.29) is 12.4 Å². The topological polar surface area (TPSA) is 47.0 Å². The van der Waals surface area contributed by atoms with E-state index in [1.807, 2.05) is 0 Å². The molecule has 0 aliphatic carbocycles. The van der Waals surface area contributed by atoms with Crippen LogP contribution in [0.1, 0.15) is 12.8 Å². The predicted molar refractivity (Wildman–Crippen MR) is 55.8 cm³/mol. The first-order chi connectivity index (χ1) is 6.45. The molecule has 1 aliphatic heterocycles. The Hall–Kier alpha value is -0.870. The summed E-state index contributed by atoms with van der Waals surface area (Å²) in [6.45, 7) is 1.81. The van der Waals surface area contributed by atoms with E-state index in [0.717, 1.165) is 6.54 Å². The molecule has 0 radical (unpaired) electrons. The lowest BCUT2D eigenvalue weighted by Gasteiger charge is -2.10. The Morgan fingerprint density at radius 1 is 1.57 bits per heavy atom. The lowest BCUT2D eigenvalue weighted by molar-refractivity contribution is 0.267. The average molecular weight is 216 g/mol.